The molecule has 0 aliphatic heterocycles. The molecule has 138 valence electrons. The molecule has 0 saturated heterocycles. The number of rotatable bonds is 4. The van der Waals surface area contributed by atoms with E-state index in [4.69, 9.17) is 4.74 Å². The number of hydrogen-bond acceptors (Lipinski definition) is 5. The zero-order valence-corrected chi connectivity index (χ0v) is 15.0. The smallest absolute Gasteiger partial charge is 0.233 e. The molecule has 0 unspecified atom stereocenters. The third-order valence-electron chi connectivity index (χ3n) is 5.88. The van der Waals surface area contributed by atoms with Gasteiger partial charge in [-0.3, -0.25) is 5.10 Å². The molecule has 2 aromatic heterocycles. The molecule has 3 atom stereocenters. The van der Waals surface area contributed by atoms with Crippen molar-refractivity contribution in [3.05, 3.63) is 42.7 Å². The molecule has 0 spiro atoms. The molecule has 2 bridgehead atoms. The fraction of sp³-hybridized carbons (Fsp3) is 0.381. The van der Waals surface area contributed by atoms with E-state index in [9.17, 15) is 5.11 Å². The summed E-state index contributed by atoms with van der Waals surface area (Å²) in [6.07, 6.45) is 10.1. The summed E-state index contributed by atoms with van der Waals surface area (Å²) in [5.41, 5.74) is 3.09. The maximum absolute atomic E-state index is 10.4. The first-order valence-electron chi connectivity index (χ1n) is 9.57. The van der Waals surface area contributed by atoms with E-state index < -0.39 is 0 Å². The van der Waals surface area contributed by atoms with Gasteiger partial charge in [0.25, 0.3) is 0 Å². The topological polar surface area (TPSA) is 83.9 Å². The van der Waals surface area contributed by atoms with Gasteiger partial charge in [-0.25, -0.2) is 0 Å². The molecule has 2 aliphatic rings. The van der Waals surface area contributed by atoms with Gasteiger partial charge in [-0.1, -0.05) is 18.9 Å². The lowest BCUT2D eigenvalue weighted by atomic mass is 9.87. The first kappa shape index (κ1) is 16.3. The Labute approximate surface area is 157 Å². The van der Waals surface area contributed by atoms with E-state index in [0.29, 0.717) is 17.1 Å². The Balaban J connectivity index is 1.31. The number of aromatic hydroxyl groups is 1. The molecule has 27 heavy (non-hydrogen) atoms. The van der Waals surface area contributed by atoms with Gasteiger partial charge in [-0.15, -0.1) is 10.2 Å². The van der Waals surface area contributed by atoms with Crippen LogP contribution in [-0.2, 0) is 0 Å². The van der Waals surface area contributed by atoms with Crippen LogP contribution in [0.2, 0.25) is 0 Å². The maximum atomic E-state index is 10.4. The highest BCUT2D eigenvalue weighted by atomic mass is 16.5. The summed E-state index contributed by atoms with van der Waals surface area (Å²) in [6, 6.07) is 9.20. The molecule has 0 amide bonds. The van der Waals surface area contributed by atoms with Crippen molar-refractivity contribution in [3.63, 3.8) is 0 Å². The molecule has 3 aromatic rings. The fourth-order valence-corrected chi connectivity index (χ4v) is 4.58. The Morgan fingerprint density at radius 3 is 2.48 bits per heavy atom. The van der Waals surface area contributed by atoms with Gasteiger partial charge in [-0.2, -0.15) is 5.10 Å². The summed E-state index contributed by atoms with van der Waals surface area (Å²) in [5.74, 6) is 2.39. The second-order valence-electron chi connectivity index (χ2n) is 7.73. The molecule has 0 radical (unpaired) electrons. The highest BCUT2D eigenvalue weighted by Crippen LogP contribution is 2.43. The van der Waals surface area contributed by atoms with Crippen LogP contribution in [0, 0.1) is 11.8 Å². The van der Waals surface area contributed by atoms with Gasteiger partial charge in [0.05, 0.1) is 11.9 Å². The Bertz CT molecular complexity index is 912. The number of nitrogens with zero attached hydrogens (tertiary/aromatic N) is 3. The van der Waals surface area contributed by atoms with Gasteiger partial charge in [0.1, 0.15) is 11.9 Å². The monoisotopic (exact) mass is 362 g/mol. The molecule has 2 aliphatic carbocycles. The minimum Gasteiger partial charge on any atom is -0.507 e. The lowest BCUT2D eigenvalue weighted by molar-refractivity contribution is 0.113. The third-order valence-corrected chi connectivity index (χ3v) is 5.88. The molecule has 6 nitrogen and oxygen atoms in total. The van der Waals surface area contributed by atoms with Crippen LogP contribution in [0.15, 0.2) is 42.7 Å². The summed E-state index contributed by atoms with van der Waals surface area (Å²) in [7, 11) is 0. The van der Waals surface area contributed by atoms with Crippen molar-refractivity contribution >= 4 is 0 Å². The molecule has 6 heteroatoms. The van der Waals surface area contributed by atoms with Crippen LogP contribution in [0.4, 0.5) is 0 Å². The van der Waals surface area contributed by atoms with Crippen molar-refractivity contribution in [1.29, 1.82) is 0 Å². The van der Waals surface area contributed by atoms with E-state index in [1.54, 1.807) is 18.5 Å². The summed E-state index contributed by atoms with van der Waals surface area (Å²) >= 11 is 0. The summed E-state index contributed by atoms with van der Waals surface area (Å²) in [4.78, 5) is 0. The lowest BCUT2D eigenvalue weighted by Crippen LogP contribution is -2.26. The molecule has 2 heterocycles. The lowest BCUT2D eigenvalue weighted by Gasteiger charge is -2.27. The molecule has 2 N–H and O–H groups in total. The number of H-pyrrole nitrogens is 1. The number of hydrogen-bond donors (Lipinski definition) is 2. The third kappa shape index (κ3) is 3.27. The number of ether oxygens (including phenoxy) is 1. The Morgan fingerprint density at radius 2 is 1.81 bits per heavy atom. The van der Waals surface area contributed by atoms with Crippen molar-refractivity contribution in [3.8, 4) is 34.0 Å². The molecule has 2 fully saturated rings. The summed E-state index contributed by atoms with van der Waals surface area (Å²) in [6.45, 7) is 0. The number of nitrogens with one attached hydrogen (secondary N) is 1. The van der Waals surface area contributed by atoms with Crippen molar-refractivity contribution < 1.29 is 9.84 Å². The standard InChI is InChI=1S/C21H22N4O2/c26-20-10-15(16-11-22-23-12-16)3-4-18(20)19-5-6-21(25-24-19)27-17-8-13-1-2-14(7-13)9-17/h3-6,10-14,17,26H,1-2,7-9H2,(H,22,23)/t13-,14+,17+. The maximum Gasteiger partial charge on any atom is 0.233 e. The van der Waals surface area contributed by atoms with Gasteiger partial charge in [-0.05, 0) is 54.9 Å². The second kappa shape index (κ2) is 6.68. The van der Waals surface area contributed by atoms with E-state index in [-0.39, 0.29) is 11.9 Å². The van der Waals surface area contributed by atoms with E-state index in [1.165, 1.54) is 19.3 Å². The van der Waals surface area contributed by atoms with Crippen LogP contribution in [0.5, 0.6) is 11.6 Å². The normalized spacial score (nSPS) is 24.1. The average molecular weight is 362 g/mol. The molecule has 2 saturated carbocycles. The molecular formula is C21H22N4O2. The number of fused-ring (bicyclic) bond motifs is 2. The largest absolute Gasteiger partial charge is 0.507 e. The SMILES string of the molecule is Oc1cc(-c2cn[nH]c2)ccc1-c1ccc(O[C@H]2C[C@@H]3CC[C@@H](C3)C2)nn1. The average Bonchev–Trinajstić information content (AvgIpc) is 3.32. The molecule has 1 aromatic carbocycles. The van der Waals surface area contributed by atoms with Crippen molar-refractivity contribution in [2.45, 2.75) is 38.2 Å². The summed E-state index contributed by atoms with van der Waals surface area (Å²) < 4.78 is 6.08. The van der Waals surface area contributed by atoms with Crippen molar-refractivity contribution in [1.82, 2.24) is 20.4 Å². The quantitative estimate of drug-likeness (QED) is 0.727. The highest BCUT2D eigenvalue weighted by molar-refractivity contribution is 5.73. The Hall–Kier alpha value is -2.89. The number of phenolic OH excluding ortho intramolecular Hbond substituents is 1. The Kier molecular flexibility index (Phi) is 4.03. The van der Waals surface area contributed by atoms with Crippen molar-refractivity contribution in [2.24, 2.45) is 11.8 Å². The van der Waals surface area contributed by atoms with Crippen LogP contribution in [0.1, 0.15) is 32.1 Å². The van der Waals surface area contributed by atoms with E-state index in [1.807, 2.05) is 24.3 Å². The molecule has 5 rings (SSSR count). The van der Waals surface area contributed by atoms with Crippen LogP contribution in [0.25, 0.3) is 22.4 Å². The predicted molar refractivity (Wildman–Crippen MR) is 101 cm³/mol. The van der Waals surface area contributed by atoms with Gasteiger partial charge < -0.3 is 9.84 Å². The van der Waals surface area contributed by atoms with E-state index in [2.05, 4.69) is 20.4 Å². The predicted octanol–water partition coefficient (Wildman–Crippen LogP) is 4.20. The van der Waals surface area contributed by atoms with Crippen LogP contribution < -0.4 is 4.74 Å². The van der Waals surface area contributed by atoms with Crippen LogP contribution >= 0.6 is 0 Å². The Morgan fingerprint density at radius 1 is 0.963 bits per heavy atom. The van der Waals surface area contributed by atoms with Crippen molar-refractivity contribution in [2.75, 3.05) is 0 Å². The highest BCUT2D eigenvalue weighted by Gasteiger charge is 2.35. The molecular weight excluding hydrogens is 340 g/mol. The van der Waals surface area contributed by atoms with Gasteiger partial charge in [0.2, 0.25) is 5.88 Å². The number of aromatic nitrogens is 4. The first-order valence-corrected chi connectivity index (χ1v) is 9.57. The zero-order chi connectivity index (χ0) is 18.2. The minimum absolute atomic E-state index is 0.167. The first-order chi connectivity index (χ1) is 13.2. The zero-order valence-electron chi connectivity index (χ0n) is 15.0. The second-order valence-corrected chi connectivity index (χ2v) is 7.73. The van der Waals surface area contributed by atoms with Crippen LogP contribution in [0.3, 0.4) is 0 Å². The van der Waals surface area contributed by atoms with E-state index >= 15 is 0 Å². The van der Waals surface area contributed by atoms with Gasteiger partial charge in [0.15, 0.2) is 0 Å². The van der Waals surface area contributed by atoms with Gasteiger partial charge >= 0.3 is 0 Å². The van der Waals surface area contributed by atoms with Gasteiger partial charge in [0, 0.05) is 23.4 Å². The number of benzene rings is 1. The van der Waals surface area contributed by atoms with E-state index in [0.717, 1.165) is 35.8 Å². The fourth-order valence-electron chi connectivity index (χ4n) is 4.58. The number of aromatic amines is 1. The summed E-state index contributed by atoms with van der Waals surface area (Å²) in [5, 5.41) is 25.6. The van der Waals surface area contributed by atoms with Crippen LogP contribution in [-0.4, -0.2) is 31.6 Å². The minimum atomic E-state index is 0.167. The number of phenols is 1.